The maximum atomic E-state index is 2.53. The van der Waals surface area contributed by atoms with Gasteiger partial charge in [-0.3, -0.25) is 0 Å². The van der Waals surface area contributed by atoms with Gasteiger partial charge < -0.3 is 4.23 Å². The molecule has 0 bridgehead atoms. The lowest BCUT2D eigenvalue weighted by Gasteiger charge is -2.29. The molecule has 0 aliphatic rings. The number of nitrogens with zero attached hydrogens (tertiary/aromatic N) is 1. The van der Waals surface area contributed by atoms with Gasteiger partial charge in [-0.25, -0.2) is 0 Å². The van der Waals surface area contributed by atoms with E-state index in [4.69, 9.17) is 0 Å². The van der Waals surface area contributed by atoms with Crippen LogP contribution in [0.4, 0.5) is 0 Å². The molecule has 2 heteroatoms. The van der Waals surface area contributed by atoms with E-state index in [1.165, 1.54) is 23.7 Å². The molecule has 0 unspecified atom stereocenters. The Morgan fingerprint density at radius 3 is 2.00 bits per heavy atom. The van der Waals surface area contributed by atoms with Gasteiger partial charge in [0.2, 0.25) is 0 Å². The van der Waals surface area contributed by atoms with Crippen LogP contribution in [0.5, 0.6) is 0 Å². The SMILES string of the molecule is CC[Si](CC)(CC)n1ccc(C)c1. The third-order valence-electron chi connectivity index (χ3n) is 3.36. The van der Waals surface area contributed by atoms with Crippen molar-refractivity contribution < 1.29 is 0 Å². The Kier molecular flexibility index (Phi) is 3.37. The quantitative estimate of drug-likeness (QED) is 0.646. The number of aromatic nitrogens is 1. The Labute approximate surface area is 82.9 Å². The highest BCUT2D eigenvalue weighted by molar-refractivity contribution is 6.78. The molecule has 0 fully saturated rings. The summed E-state index contributed by atoms with van der Waals surface area (Å²) < 4.78 is 2.53. The van der Waals surface area contributed by atoms with E-state index >= 15 is 0 Å². The van der Waals surface area contributed by atoms with Crippen LogP contribution in [0.2, 0.25) is 18.1 Å². The molecule has 0 N–H and O–H groups in total. The summed E-state index contributed by atoms with van der Waals surface area (Å²) in [5.74, 6) is 0. The van der Waals surface area contributed by atoms with E-state index in [1.807, 2.05) is 0 Å². The lowest BCUT2D eigenvalue weighted by molar-refractivity contribution is 1.01. The van der Waals surface area contributed by atoms with Gasteiger partial charge in [-0.05, 0) is 49.1 Å². The Morgan fingerprint density at radius 1 is 1.15 bits per heavy atom. The Balaban J connectivity index is 3.00. The summed E-state index contributed by atoms with van der Waals surface area (Å²) >= 11 is 0. The first-order chi connectivity index (χ1) is 6.18. The van der Waals surface area contributed by atoms with E-state index in [-0.39, 0.29) is 0 Å². The summed E-state index contributed by atoms with van der Waals surface area (Å²) in [4.78, 5) is 0. The molecule has 1 nitrogen and oxygen atoms in total. The van der Waals surface area contributed by atoms with E-state index in [0.29, 0.717) is 0 Å². The average Bonchev–Trinajstić information content (AvgIpc) is 2.57. The Morgan fingerprint density at radius 2 is 1.69 bits per heavy atom. The lowest BCUT2D eigenvalue weighted by Crippen LogP contribution is -2.40. The summed E-state index contributed by atoms with van der Waals surface area (Å²) in [6.07, 6.45) is 4.60. The van der Waals surface area contributed by atoms with Crippen LogP contribution in [0.1, 0.15) is 26.3 Å². The first kappa shape index (κ1) is 10.6. The van der Waals surface area contributed by atoms with Crippen LogP contribution < -0.4 is 0 Å². The molecule has 0 atom stereocenters. The summed E-state index contributed by atoms with van der Waals surface area (Å²) in [5, 5.41) is 0. The molecule has 0 saturated carbocycles. The highest BCUT2D eigenvalue weighted by atomic mass is 28.3. The summed E-state index contributed by atoms with van der Waals surface area (Å²) in [7, 11) is -1.16. The molecular formula is C11H21NSi. The first-order valence-electron chi connectivity index (χ1n) is 5.33. The molecule has 0 radical (unpaired) electrons. The van der Waals surface area contributed by atoms with E-state index in [9.17, 15) is 0 Å². The smallest absolute Gasteiger partial charge is 0.160 e. The van der Waals surface area contributed by atoms with Gasteiger partial charge in [-0.1, -0.05) is 20.8 Å². The van der Waals surface area contributed by atoms with Crippen molar-refractivity contribution in [2.45, 2.75) is 45.8 Å². The monoisotopic (exact) mass is 195 g/mol. The minimum atomic E-state index is -1.16. The van der Waals surface area contributed by atoms with Crippen LogP contribution in [0.25, 0.3) is 0 Å². The van der Waals surface area contributed by atoms with Crippen LogP contribution >= 0.6 is 0 Å². The van der Waals surface area contributed by atoms with Crippen molar-refractivity contribution in [2.75, 3.05) is 0 Å². The van der Waals surface area contributed by atoms with Crippen molar-refractivity contribution in [1.82, 2.24) is 4.23 Å². The van der Waals surface area contributed by atoms with E-state index in [0.717, 1.165) is 0 Å². The van der Waals surface area contributed by atoms with Crippen LogP contribution in [-0.2, 0) is 0 Å². The van der Waals surface area contributed by atoms with Gasteiger partial charge in [0.1, 0.15) is 0 Å². The number of aryl methyl sites for hydroxylation is 1. The van der Waals surface area contributed by atoms with Gasteiger partial charge in [-0.2, -0.15) is 0 Å². The zero-order chi connectivity index (χ0) is 9.90. The molecule has 1 aromatic heterocycles. The molecule has 0 amide bonds. The Hall–Kier alpha value is -0.503. The van der Waals surface area contributed by atoms with E-state index in [1.54, 1.807) is 0 Å². The maximum absolute atomic E-state index is 2.53. The fourth-order valence-electron chi connectivity index (χ4n) is 2.10. The fourth-order valence-corrected chi connectivity index (χ4v) is 5.56. The van der Waals surface area contributed by atoms with Gasteiger partial charge in [-0.15, -0.1) is 0 Å². The largest absolute Gasteiger partial charge is 0.380 e. The van der Waals surface area contributed by atoms with Gasteiger partial charge in [0.25, 0.3) is 0 Å². The molecule has 13 heavy (non-hydrogen) atoms. The second-order valence-electron chi connectivity index (χ2n) is 3.88. The molecule has 1 aromatic rings. The average molecular weight is 195 g/mol. The van der Waals surface area contributed by atoms with Crippen LogP contribution in [0.15, 0.2) is 18.5 Å². The second-order valence-corrected chi connectivity index (χ2v) is 8.97. The predicted octanol–water partition coefficient (Wildman–Crippen LogP) is 3.65. The molecule has 1 heterocycles. The first-order valence-corrected chi connectivity index (χ1v) is 7.90. The third-order valence-corrected chi connectivity index (χ3v) is 8.69. The number of hydrogen-bond donors (Lipinski definition) is 0. The van der Waals surface area contributed by atoms with Crippen LogP contribution in [-0.4, -0.2) is 12.5 Å². The molecule has 0 aliphatic heterocycles. The molecular weight excluding hydrogens is 174 g/mol. The summed E-state index contributed by atoms with van der Waals surface area (Å²) in [6, 6.07) is 6.29. The van der Waals surface area contributed by atoms with E-state index < -0.39 is 8.24 Å². The molecule has 74 valence electrons. The topological polar surface area (TPSA) is 4.93 Å². The van der Waals surface area contributed by atoms with Crippen LogP contribution in [0, 0.1) is 6.92 Å². The van der Waals surface area contributed by atoms with Crippen molar-refractivity contribution in [3.8, 4) is 0 Å². The van der Waals surface area contributed by atoms with Crippen LogP contribution in [0.3, 0.4) is 0 Å². The molecule has 0 aliphatic carbocycles. The third kappa shape index (κ3) is 1.88. The number of hydrogen-bond acceptors (Lipinski definition) is 0. The van der Waals surface area contributed by atoms with Crippen molar-refractivity contribution in [1.29, 1.82) is 0 Å². The second kappa shape index (κ2) is 4.14. The van der Waals surface area contributed by atoms with Crippen molar-refractivity contribution in [3.05, 3.63) is 24.0 Å². The standard InChI is InChI=1S/C11H21NSi/c1-5-13(6-2,7-3)12-9-8-11(4)10-12/h8-10H,5-7H2,1-4H3. The minimum Gasteiger partial charge on any atom is -0.380 e. The molecule has 1 rings (SSSR count). The van der Waals surface area contributed by atoms with Crippen molar-refractivity contribution in [2.24, 2.45) is 0 Å². The zero-order valence-electron chi connectivity index (χ0n) is 9.30. The predicted molar refractivity (Wildman–Crippen MR) is 61.8 cm³/mol. The van der Waals surface area contributed by atoms with Gasteiger partial charge in [0, 0.05) is 0 Å². The van der Waals surface area contributed by atoms with Crippen molar-refractivity contribution >= 4 is 8.24 Å². The highest BCUT2D eigenvalue weighted by Gasteiger charge is 2.28. The fraction of sp³-hybridized carbons (Fsp3) is 0.636. The van der Waals surface area contributed by atoms with Gasteiger partial charge in [0.05, 0.1) is 0 Å². The summed E-state index contributed by atoms with van der Waals surface area (Å²) in [5.41, 5.74) is 1.40. The molecule has 0 spiro atoms. The van der Waals surface area contributed by atoms with Crippen molar-refractivity contribution in [3.63, 3.8) is 0 Å². The van der Waals surface area contributed by atoms with Gasteiger partial charge in [0.15, 0.2) is 8.24 Å². The van der Waals surface area contributed by atoms with E-state index in [2.05, 4.69) is 50.4 Å². The maximum Gasteiger partial charge on any atom is 0.160 e. The zero-order valence-corrected chi connectivity index (χ0v) is 10.3. The van der Waals surface area contributed by atoms with Gasteiger partial charge >= 0.3 is 0 Å². The molecule has 0 aromatic carbocycles. The molecule has 0 saturated heterocycles. The summed E-state index contributed by atoms with van der Waals surface area (Å²) in [6.45, 7) is 9.20. The highest BCUT2D eigenvalue weighted by Crippen LogP contribution is 2.23. The Bertz CT molecular complexity index is 253. The number of rotatable bonds is 4. The normalized spacial score (nSPS) is 12.0. The minimum absolute atomic E-state index is 1.16. The lowest BCUT2D eigenvalue weighted by atomic mass is 10.4.